The summed E-state index contributed by atoms with van der Waals surface area (Å²) in [5.41, 5.74) is 0. The summed E-state index contributed by atoms with van der Waals surface area (Å²) in [4.78, 5) is 74.8. The van der Waals surface area contributed by atoms with Gasteiger partial charge >= 0.3 is 35.8 Å². The first-order valence-corrected chi connectivity index (χ1v) is 10.4. The number of esters is 6. The topological polar surface area (TPSA) is 176 Å². The Hall–Kier alpha value is -3.26. The second-order valence-electron chi connectivity index (χ2n) is 7.28. The first kappa shape index (κ1) is 29.8. The molecular formula is C21H30O14. The van der Waals surface area contributed by atoms with Gasteiger partial charge in [0.05, 0.1) is 42.7 Å². The van der Waals surface area contributed by atoms with Crippen molar-refractivity contribution in [2.75, 3.05) is 42.7 Å². The average molecular weight is 506 g/mol. The number of carbonyl (C=O) groups excluding carboxylic acids is 6. The van der Waals surface area contributed by atoms with Crippen LogP contribution in [0.3, 0.4) is 0 Å². The molecule has 0 saturated heterocycles. The van der Waals surface area contributed by atoms with Crippen LogP contribution >= 0.6 is 0 Å². The van der Waals surface area contributed by atoms with Crippen molar-refractivity contribution in [1.82, 2.24) is 0 Å². The van der Waals surface area contributed by atoms with Crippen molar-refractivity contribution in [1.29, 1.82) is 0 Å². The Kier molecular flexibility index (Phi) is 11.6. The second-order valence-corrected chi connectivity index (χ2v) is 7.28. The van der Waals surface area contributed by atoms with Crippen LogP contribution in [-0.4, -0.2) is 96.5 Å². The summed E-state index contributed by atoms with van der Waals surface area (Å²) in [5.74, 6) is -12.1. The second kappa shape index (κ2) is 13.6. The largest absolute Gasteiger partial charge is 0.468 e. The fraction of sp³-hybridized carbons (Fsp3) is 0.714. The van der Waals surface area contributed by atoms with E-state index >= 15 is 0 Å². The number of methoxy groups -OCH3 is 6. The lowest BCUT2D eigenvalue weighted by atomic mass is 9.74. The van der Waals surface area contributed by atoms with Crippen LogP contribution < -0.4 is 0 Å². The van der Waals surface area contributed by atoms with Gasteiger partial charge in [-0.3, -0.25) is 9.59 Å². The first-order chi connectivity index (χ1) is 16.6. The Morgan fingerprint density at radius 2 is 0.914 bits per heavy atom. The zero-order valence-corrected chi connectivity index (χ0v) is 20.4. The average Bonchev–Trinajstić information content (AvgIpc) is 2.89. The molecule has 198 valence electrons. The Morgan fingerprint density at radius 3 is 1.23 bits per heavy atom. The third-order valence-electron chi connectivity index (χ3n) is 5.46. The Labute approximate surface area is 201 Å². The molecule has 14 nitrogen and oxygen atoms in total. The number of hydrogen-bond donors (Lipinski definition) is 0. The molecule has 35 heavy (non-hydrogen) atoms. The molecule has 1 unspecified atom stereocenters. The van der Waals surface area contributed by atoms with Crippen molar-refractivity contribution < 1.29 is 66.7 Å². The molecule has 1 aliphatic rings. The molecule has 0 spiro atoms. The van der Waals surface area contributed by atoms with Crippen LogP contribution in [0, 0.1) is 11.8 Å². The molecule has 1 fully saturated rings. The van der Waals surface area contributed by atoms with Crippen LogP contribution in [-0.2, 0) is 66.7 Å². The van der Waals surface area contributed by atoms with Crippen molar-refractivity contribution in [3.05, 3.63) is 0 Å². The van der Waals surface area contributed by atoms with Crippen molar-refractivity contribution >= 4 is 35.8 Å². The third kappa shape index (κ3) is 6.88. The molecule has 0 aromatic heterocycles. The van der Waals surface area contributed by atoms with Crippen LogP contribution in [0.1, 0.15) is 25.7 Å². The van der Waals surface area contributed by atoms with E-state index in [1.807, 2.05) is 0 Å². The van der Waals surface area contributed by atoms with E-state index in [1.54, 1.807) is 0 Å². The highest BCUT2D eigenvalue weighted by Gasteiger charge is 2.57. The maximum Gasteiger partial charge on any atom is 0.346 e. The number of ether oxygens (including phenoxy) is 8. The molecule has 0 bridgehead atoms. The molecule has 0 heterocycles. The van der Waals surface area contributed by atoms with Gasteiger partial charge < -0.3 is 37.9 Å². The summed E-state index contributed by atoms with van der Waals surface area (Å²) < 4.78 is 39.5. The summed E-state index contributed by atoms with van der Waals surface area (Å²) in [6.45, 7) is 0. The van der Waals surface area contributed by atoms with Gasteiger partial charge in [-0.05, 0) is 12.8 Å². The zero-order valence-electron chi connectivity index (χ0n) is 20.4. The number of rotatable bonds is 11. The maximum atomic E-state index is 12.6. The standard InChI is InChI=1S/C21H30O14/c1-28-15(22)12(16(23)29-2)11-9-7-8-10-21(11,34-13(17(24)30-3)18(25)31-4)35-14(19(26)32-5)20(27)33-6/h11-14H,7-10H2,1-6H3. The molecule has 0 aromatic rings. The molecule has 0 aromatic carbocycles. The quantitative estimate of drug-likeness (QED) is 0.149. The Balaban J connectivity index is 3.79. The minimum Gasteiger partial charge on any atom is -0.468 e. The zero-order chi connectivity index (χ0) is 26.8. The van der Waals surface area contributed by atoms with Crippen LogP contribution in [0.15, 0.2) is 0 Å². The molecule has 1 aliphatic carbocycles. The fourth-order valence-corrected chi connectivity index (χ4v) is 3.77. The SMILES string of the molecule is COC(=O)C(OC1(OC(C(=O)OC)C(=O)OC)CCCCC1C(C(=O)OC)C(=O)OC)C(=O)OC. The van der Waals surface area contributed by atoms with Gasteiger partial charge in [-0.15, -0.1) is 0 Å². The summed E-state index contributed by atoms with van der Waals surface area (Å²) in [5, 5.41) is 0. The summed E-state index contributed by atoms with van der Waals surface area (Å²) in [6, 6.07) is 0. The highest BCUT2D eigenvalue weighted by molar-refractivity contribution is 5.99. The van der Waals surface area contributed by atoms with E-state index < -0.39 is 65.6 Å². The number of hydrogen-bond acceptors (Lipinski definition) is 14. The van der Waals surface area contributed by atoms with Gasteiger partial charge in [0, 0.05) is 12.3 Å². The van der Waals surface area contributed by atoms with E-state index in [9.17, 15) is 28.8 Å². The van der Waals surface area contributed by atoms with Gasteiger partial charge in [-0.25, -0.2) is 19.2 Å². The molecule has 1 rings (SSSR count). The lowest BCUT2D eigenvalue weighted by Gasteiger charge is -2.46. The van der Waals surface area contributed by atoms with Gasteiger partial charge in [0.2, 0.25) is 0 Å². The van der Waals surface area contributed by atoms with Crippen LogP contribution in [0.25, 0.3) is 0 Å². The van der Waals surface area contributed by atoms with Crippen LogP contribution in [0.5, 0.6) is 0 Å². The monoisotopic (exact) mass is 506 g/mol. The lowest BCUT2D eigenvalue weighted by molar-refractivity contribution is -0.314. The summed E-state index contributed by atoms with van der Waals surface area (Å²) in [7, 11) is 5.97. The third-order valence-corrected chi connectivity index (χ3v) is 5.46. The smallest absolute Gasteiger partial charge is 0.346 e. The van der Waals surface area contributed by atoms with Crippen molar-refractivity contribution in [2.24, 2.45) is 11.8 Å². The van der Waals surface area contributed by atoms with Crippen molar-refractivity contribution in [2.45, 2.75) is 43.7 Å². The van der Waals surface area contributed by atoms with Gasteiger partial charge in [0.1, 0.15) is 0 Å². The number of carbonyl (C=O) groups is 6. The highest BCUT2D eigenvalue weighted by atomic mass is 16.7. The Bertz CT molecular complexity index is 720. The minimum atomic E-state index is -2.26. The Morgan fingerprint density at radius 1 is 0.571 bits per heavy atom. The molecule has 0 aliphatic heterocycles. The van der Waals surface area contributed by atoms with Gasteiger partial charge in [-0.2, -0.15) is 0 Å². The van der Waals surface area contributed by atoms with Crippen molar-refractivity contribution in [3.8, 4) is 0 Å². The van der Waals surface area contributed by atoms with E-state index in [1.165, 1.54) is 0 Å². The van der Waals surface area contributed by atoms with Crippen molar-refractivity contribution in [3.63, 3.8) is 0 Å². The van der Waals surface area contributed by atoms with E-state index in [0.29, 0.717) is 12.8 Å². The predicted octanol–water partition coefficient (Wildman–Crippen LogP) is -0.702. The molecular weight excluding hydrogens is 476 g/mol. The first-order valence-electron chi connectivity index (χ1n) is 10.4. The predicted molar refractivity (Wildman–Crippen MR) is 110 cm³/mol. The van der Waals surface area contributed by atoms with E-state index in [0.717, 1.165) is 42.7 Å². The lowest BCUT2D eigenvalue weighted by Crippen LogP contribution is -2.59. The molecule has 1 saturated carbocycles. The van der Waals surface area contributed by atoms with E-state index in [4.69, 9.17) is 18.9 Å². The summed E-state index contributed by atoms with van der Waals surface area (Å²) in [6.07, 6.45) is -3.53. The normalized spacial score (nSPS) is 16.9. The van der Waals surface area contributed by atoms with Gasteiger partial charge in [0.15, 0.2) is 11.7 Å². The molecule has 1 atom stereocenters. The molecule has 0 amide bonds. The molecule has 0 radical (unpaired) electrons. The van der Waals surface area contributed by atoms with Gasteiger partial charge in [-0.1, -0.05) is 6.42 Å². The molecule has 14 heteroatoms. The van der Waals surface area contributed by atoms with Crippen LogP contribution in [0.4, 0.5) is 0 Å². The summed E-state index contributed by atoms with van der Waals surface area (Å²) >= 11 is 0. The van der Waals surface area contributed by atoms with Crippen LogP contribution in [0.2, 0.25) is 0 Å². The fourth-order valence-electron chi connectivity index (χ4n) is 3.77. The molecule has 0 N–H and O–H groups in total. The minimum absolute atomic E-state index is 0.0407. The van der Waals surface area contributed by atoms with E-state index in [2.05, 4.69) is 18.9 Å². The highest BCUT2D eigenvalue weighted by Crippen LogP contribution is 2.45. The van der Waals surface area contributed by atoms with Gasteiger partial charge in [0.25, 0.3) is 12.2 Å². The van der Waals surface area contributed by atoms with E-state index in [-0.39, 0.29) is 12.8 Å². The maximum absolute atomic E-state index is 12.6.